The molecule has 1 atom stereocenters. The minimum Gasteiger partial charge on any atom is -0.494 e. The number of halogens is 3. The highest BCUT2D eigenvalue weighted by atomic mass is 35.5. The van der Waals surface area contributed by atoms with Crippen molar-refractivity contribution in [2.75, 3.05) is 19.1 Å². The summed E-state index contributed by atoms with van der Waals surface area (Å²) in [5.41, 5.74) is 2.65. The third-order valence-corrected chi connectivity index (χ3v) is 4.36. The second kappa shape index (κ2) is 9.19. The number of hydrogen-bond donors (Lipinski definition) is 3. The summed E-state index contributed by atoms with van der Waals surface area (Å²) in [5.74, 6) is -1.77. The number of benzene rings is 1. The summed E-state index contributed by atoms with van der Waals surface area (Å²) in [4.78, 5) is 27.8. The number of urea groups is 1. The number of nitrogens with two attached hydrogens (primary N) is 1. The number of nitrogens with one attached hydrogen (secondary N) is 2. The summed E-state index contributed by atoms with van der Waals surface area (Å²) in [6, 6.07) is 4.22. The summed E-state index contributed by atoms with van der Waals surface area (Å²) >= 11 is 5.90. The van der Waals surface area contributed by atoms with Crippen LogP contribution in [0.3, 0.4) is 0 Å². The van der Waals surface area contributed by atoms with Crippen LogP contribution in [0.1, 0.15) is 21.6 Å². The van der Waals surface area contributed by atoms with Gasteiger partial charge in [-0.3, -0.25) is 4.79 Å². The van der Waals surface area contributed by atoms with Gasteiger partial charge in [0.1, 0.15) is 24.1 Å². The van der Waals surface area contributed by atoms with Crippen LogP contribution in [0.15, 0.2) is 37.1 Å². The molecule has 0 unspecified atom stereocenters. The number of pyridine rings is 1. The van der Waals surface area contributed by atoms with Crippen LogP contribution in [-0.4, -0.2) is 30.7 Å². The molecule has 2 aromatic rings. The zero-order valence-electron chi connectivity index (χ0n) is 15.6. The highest BCUT2D eigenvalue weighted by molar-refractivity contribution is 6.31. The van der Waals surface area contributed by atoms with Crippen molar-refractivity contribution in [1.82, 2.24) is 10.3 Å². The normalized spacial score (nSPS) is 12.2. The number of carbonyl (C=O) groups is 2. The van der Waals surface area contributed by atoms with E-state index in [1.807, 2.05) is 6.07 Å². The van der Waals surface area contributed by atoms with Crippen LogP contribution < -0.4 is 21.1 Å². The maximum atomic E-state index is 14.6. The fourth-order valence-corrected chi connectivity index (χ4v) is 2.84. The number of nitrogens with zero attached hydrogens (tertiary/aromatic N) is 2. The van der Waals surface area contributed by atoms with Gasteiger partial charge in [-0.2, -0.15) is 5.26 Å². The van der Waals surface area contributed by atoms with Gasteiger partial charge in [0.25, 0.3) is 5.91 Å². The minimum atomic E-state index is -2.01. The fraction of sp³-hybridized carbons (Fsp3) is 0.158. The third kappa shape index (κ3) is 4.47. The monoisotopic (exact) mass is 435 g/mol. The molecule has 0 saturated carbocycles. The van der Waals surface area contributed by atoms with Gasteiger partial charge >= 0.3 is 6.03 Å². The van der Waals surface area contributed by atoms with E-state index in [1.165, 1.54) is 19.4 Å². The van der Waals surface area contributed by atoms with E-state index in [1.54, 1.807) is 0 Å². The molecule has 1 aromatic heterocycles. The second-order valence-corrected chi connectivity index (χ2v) is 6.37. The Morgan fingerprint density at radius 2 is 2.17 bits per heavy atom. The number of aromatic nitrogens is 1. The van der Waals surface area contributed by atoms with Crippen LogP contribution in [0.5, 0.6) is 5.75 Å². The molecule has 1 heterocycles. The van der Waals surface area contributed by atoms with E-state index in [0.29, 0.717) is 0 Å². The summed E-state index contributed by atoms with van der Waals surface area (Å²) < 4.78 is 33.5. The molecule has 11 heteroatoms. The quantitative estimate of drug-likeness (QED) is 0.575. The lowest BCUT2D eigenvalue weighted by molar-refractivity contribution is 0.101. The van der Waals surface area contributed by atoms with Crippen LogP contribution in [0.2, 0.25) is 5.02 Å². The first-order valence-corrected chi connectivity index (χ1v) is 8.61. The zero-order chi connectivity index (χ0) is 22.5. The first-order chi connectivity index (χ1) is 14.2. The molecule has 0 bridgehead atoms. The van der Waals surface area contributed by atoms with Gasteiger partial charge in [-0.25, -0.2) is 18.6 Å². The van der Waals surface area contributed by atoms with E-state index in [0.717, 1.165) is 18.2 Å². The number of ether oxygens (including phenoxy) is 1. The number of anilines is 1. The number of nitriles is 1. The Bertz CT molecular complexity index is 1060. The lowest BCUT2D eigenvalue weighted by Crippen LogP contribution is -2.49. The summed E-state index contributed by atoms with van der Waals surface area (Å²) in [7, 11) is 1.29. The number of alkyl halides is 1. The largest absolute Gasteiger partial charge is 0.494 e. The van der Waals surface area contributed by atoms with E-state index in [-0.39, 0.29) is 22.7 Å². The van der Waals surface area contributed by atoms with E-state index in [2.05, 4.69) is 22.2 Å². The topological polar surface area (TPSA) is 130 Å². The molecular weight excluding hydrogens is 420 g/mol. The van der Waals surface area contributed by atoms with Gasteiger partial charge in [-0.05, 0) is 12.1 Å². The van der Waals surface area contributed by atoms with Gasteiger partial charge in [0.15, 0.2) is 11.4 Å². The van der Waals surface area contributed by atoms with Gasteiger partial charge in [-0.15, -0.1) is 6.58 Å². The molecule has 30 heavy (non-hydrogen) atoms. The number of amides is 3. The van der Waals surface area contributed by atoms with Gasteiger partial charge in [-0.1, -0.05) is 17.7 Å². The van der Waals surface area contributed by atoms with Gasteiger partial charge < -0.3 is 21.1 Å². The lowest BCUT2D eigenvalue weighted by Gasteiger charge is -2.29. The van der Waals surface area contributed by atoms with Crippen LogP contribution in [-0.2, 0) is 5.54 Å². The standard InChI is InChI=1S/C19H16ClF2N5O3/c1-3-19(9-21,27-18(24)29)12-5-11(6-13(20)15(12)22)26-17(28)16-14(30-2)4-10(7-23)8-25-16/h3-6,8H,1,9H2,2H3,(H,26,28)(H3,24,27,29)/t19-/m1/s1. The van der Waals surface area contributed by atoms with Gasteiger partial charge in [0.2, 0.25) is 0 Å². The van der Waals surface area contributed by atoms with Crippen LogP contribution in [0.25, 0.3) is 0 Å². The molecule has 0 aliphatic carbocycles. The highest BCUT2D eigenvalue weighted by Gasteiger charge is 2.35. The molecule has 0 fully saturated rings. The maximum absolute atomic E-state index is 14.6. The lowest BCUT2D eigenvalue weighted by atomic mass is 9.90. The van der Waals surface area contributed by atoms with Crippen LogP contribution >= 0.6 is 11.6 Å². The Kier molecular flexibility index (Phi) is 6.92. The molecule has 1 aromatic carbocycles. The third-order valence-electron chi connectivity index (χ3n) is 4.09. The first-order valence-electron chi connectivity index (χ1n) is 8.23. The summed E-state index contributed by atoms with van der Waals surface area (Å²) in [5, 5.41) is 13.0. The van der Waals surface area contributed by atoms with E-state index < -0.39 is 40.6 Å². The van der Waals surface area contributed by atoms with Crippen molar-refractivity contribution in [2.24, 2.45) is 5.73 Å². The molecule has 0 aliphatic heterocycles. The van der Waals surface area contributed by atoms with Crippen LogP contribution in [0.4, 0.5) is 19.3 Å². The molecule has 0 aliphatic rings. The van der Waals surface area contributed by atoms with Crippen molar-refractivity contribution in [3.63, 3.8) is 0 Å². The minimum absolute atomic E-state index is 0.0273. The van der Waals surface area contributed by atoms with Crippen LogP contribution in [0, 0.1) is 17.1 Å². The van der Waals surface area contributed by atoms with Crippen molar-refractivity contribution in [3.05, 3.63) is 64.7 Å². The Balaban J connectivity index is 2.50. The first kappa shape index (κ1) is 22.6. The number of carbonyl (C=O) groups excluding carboxylic acids is 2. The predicted octanol–water partition coefficient (Wildman–Crippen LogP) is 3.03. The molecule has 4 N–H and O–H groups in total. The smallest absolute Gasteiger partial charge is 0.313 e. The number of methoxy groups -OCH3 is 1. The average Bonchev–Trinajstić information content (AvgIpc) is 2.73. The average molecular weight is 436 g/mol. The predicted molar refractivity (Wildman–Crippen MR) is 105 cm³/mol. The van der Waals surface area contributed by atoms with Gasteiger partial charge in [0.05, 0.1) is 17.7 Å². The maximum Gasteiger partial charge on any atom is 0.313 e. The summed E-state index contributed by atoms with van der Waals surface area (Å²) in [6.45, 7) is 2.14. The van der Waals surface area contributed by atoms with Crippen molar-refractivity contribution in [3.8, 4) is 11.8 Å². The molecular formula is C19H16ClF2N5O3. The molecule has 0 saturated heterocycles. The molecule has 2 rings (SSSR count). The Labute approximate surface area is 175 Å². The Morgan fingerprint density at radius 3 is 2.70 bits per heavy atom. The molecule has 8 nitrogen and oxygen atoms in total. The van der Waals surface area contributed by atoms with Crippen molar-refractivity contribution in [1.29, 1.82) is 5.26 Å². The van der Waals surface area contributed by atoms with E-state index >= 15 is 0 Å². The SMILES string of the molecule is C=C[C@](CF)(NC(N)=O)c1cc(NC(=O)c2ncc(C#N)cc2OC)cc(Cl)c1F. The molecule has 0 spiro atoms. The van der Waals surface area contributed by atoms with Crippen molar-refractivity contribution < 1.29 is 23.1 Å². The number of primary amides is 1. The Morgan fingerprint density at radius 1 is 1.47 bits per heavy atom. The van der Waals surface area contributed by atoms with E-state index in [9.17, 15) is 18.4 Å². The highest BCUT2D eigenvalue weighted by Crippen LogP contribution is 2.33. The Hall–Kier alpha value is -3.71. The molecule has 3 amide bonds. The van der Waals surface area contributed by atoms with E-state index in [4.69, 9.17) is 27.3 Å². The zero-order valence-corrected chi connectivity index (χ0v) is 16.4. The number of hydrogen-bond acceptors (Lipinski definition) is 5. The van der Waals surface area contributed by atoms with Gasteiger partial charge in [0, 0.05) is 23.5 Å². The fourth-order valence-electron chi connectivity index (χ4n) is 2.62. The van der Waals surface area contributed by atoms with Crippen molar-refractivity contribution in [2.45, 2.75) is 5.54 Å². The molecule has 156 valence electrons. The van der Waals surface area contributed by atoms with Crippen molar-refractivity contribution >= 4 is 29.2 Å². The second-order valence-electron chi connectivity index (χ2n) is 5.96. The molecule has 0 radical (unpaired) electrons. The number of rotatable bonds is 7. The summed E-state index contributed by atoms with van der Waals surface area (Å²) in [6.07, 6.45) is 2.13.